The van der Waals surface area contributed by atoms with E-state index in [2.05, 4.69) is 5.32 Å². The summed E-state index contributed by atoms with van der Waals surface area (Å²) in [6, 6.07) is -0.806. The Morgan fingerprint density at radius 1 is 1.33 bits per heavy atom. The third-order valence-corrected chi connectivity index (χ3v) is 3.39. The Morgan fingerprint density at radius 2 is 2.00 bits per heavy atom. The first-order valence-corrected chi connectivity index (χ1v) is 6.81. The molecule has 5 heteroatoms. The van der Waals surface area contributed by atoms with Crippen LogP contribution in [-0.2, 0) is 9.53 Å². The van der Waals surface area contributed by atoms with Crippen LogP contribution < -0.4 is 5.32 Å². The van der Waals surface area contributed by atoms with Crippen LogP contribution in [0.3, 0.4) is 0 Å². The number of aliphatic carboxylic acids is 1. The van der Waals surface area contributed by atoms with E-state index in [1.54, 1.807) is 0 Å². The van der Waals surface area contributed by atoms with Gasteiger partial charge in [0.2, 0.25) is 0 Å². The van der Waals surface area contributed by atoms with Crippen LogP contribution in [0.1, 0.15) is 51.9 Å². The van der Waals surface area contributed by atoms with E-state index in [0.717, 1.165) is 44.9 Å². The highest BCUT2D eigenvalue weighted by atomic mass is 16.5. The summed E-state index contributed by atoms with van der Waals surface area (Å²) in [5.74, 6) is -0.927. The second-order valence-electron chi connectivity index (χ2n) is 4.85. The number of alkyl carbamates (subject to hydrolysis) is 1. The predicted molar refractivity (Wildman–Crippen MR) is 67.4 cm³/mol. The maximum atomic E-state index is 11.5. The highest BCUT2D eigenvalue weighted by molar-refractivity contribution is 5.80. The average molecular weight is 257 g/mol. The molecule has 1 rings (SSSR count). The monoisotopic (exact) mass is 257 g/mol. The molecule has 1 fully saturated rings. The van der Waals surface area contributed by atoms with Gasteiger partial charge in [0.15, 0.2) is 0 Å². The Bertz CT molecular complexity index is 274. The summed E-state index contributed by atoms with van der Waals surface area (Å²) >= 11 is 0. The second-order valence-corrected chi connectivity index (χ2v) is 4.85. The van der Waals surface area contributed by atoms with Crippen LogP contribution in [0.5, 0.6) is 0 Å². The van der Waals surface area contributed by atoms with Crippen molar-refractivity contribution in [2.24, 2.45) is 5.92 Å². The van der Waals surface area contributed by atoms with Gasteiger partial charge in [-0.05, 0) is 25.2 Å². The van der Waals surface area contributed by atoms with E-state index in [1.807, 2.05) is 6.92 Å². The molecule has 1 aliphatic rings. The van der Waals surface area contributed by atoms with Crippen LogP contribution in [0.4, 0.5) is 4.79 Å². The molecule has 0 aromatic heterocycles. The van der Waals surface area contributed by atoms with Gasteiger partial charge in [-0.25, -0.2) is 9.59 Å². The minimum absolute atomic E-state index is 0.0370. The predicted octanol–water partition coefficient (Wildman–Crippen LogP) is 2.55. The summed E-state index contributed by atoms with van der Waals surface area (Å²) in [4.78, 5) is 22.7. The third-order valence-electron chi connectivity index (χ3n) is 3.39. The van der Waals surface area contributed by atoms with Gasteiger partial charge in [-0.15, -0.1) is 0 Å². The number of unbranched alkanes of at least 4 members (excludes halogenated alkanes) is 1. The first-order valence-electron chi connectivity index (χ1n) is 6.81. The zero-order chi connectivity index (χ0) is 13.4. The molecule has 0 aromatic rings. The average Bonchev–Trinajstić information content (AvgIpc) is 2.37. The Balaban J connectivity index is 2.41. The number of hydrogen-bond acceptors (Lipinski definition) is 3. The summed E-state index contributed by atoms with van der Waals surface area (Å²) in [6.07, 6.45) is 6.11. The van der Waals surface area contributed by atoms with Gasteiger partial charge in [-0.1, -0.05) is 32.6 Å². The second kappa shape index (κ2) is 7.95. The van der Waals surface area contributed by atoms with Gasteiger partial charge in [-0.3, -0.25) is 0 Å². The number of carbonyl (C=O) groups is 2. The fourth-order valence-corrected chi connectivity index (χ4v) is 2.33. The number of carboxylic acids is 1. The molecule has 0 aliphatic heterocycles. The summed E-state index contributed by atoms with van der Waals surface area (Å²) in [5.41, 5.74) is 0. The molecule has 0 bridgehead atoms. The Kier molecular flexibility index (Phi) is 6.54. The molecular weight excluding hydrogens is 234 g/mol. The zero-order valence-corrected chi connectivity index (χ0v) is 11.0. The van der Waals surface area contributed by atoms with Crippen molar-refractivity contribution in [3.05, 3.63) is 0 Å². The maximum Gasteiger partial charge on any atom is 0.407 e. The van der Waals surface area contributed by atoms with Gasteiger partial charge in [0.1, 0.15) is 6.04 Å². The Labute approximate surface area is 108 Å². The summed E-state index contributed by atoms with van der Waals surface area (Å²) in [5, 5.41) is 11.7. The summed E-state index contributed by atoms with van der Waals surface area (Å²) < 4.78 is 4.94. The highest BCUT2D eigenvalue weighted by Crippen LogP contribution is 2.26. The molecule has 1 unspecified atom stereocenters. The normalized spacial score (nSPS) is 18.1. The Hall–Kier alpha value is -1.26. The van der Waals surface area contributed by atoms with Gasteiger partial charge < -0.3 is 15.2 Å². The molecular formula is C13H23NO4. The lowest BCUT2D eigenvalue weighted by atomic mass is 9.84. The molecule has 0 saturated heterocycles. The number of rotatable bonds is 6. The molecule has 0 aromatic carbocycles. The SMILES string of the molecule is CCCCOC(=O)NC(C(=O)O)C1CCCCC1. The van der Waals surface area contributed by atoms with E-state index in [0.29, 0.717) is 6.61 Å². The van der Waals surface area contributed by atoms with Crippen LogP contribution in [0.2, 0.25) is 0 Å². The van der Waals surface area contributed by atoms with Gasteiger partial charge in [0.25, 0.3) is 0 Å². The van der Waals surface area contributed by atoms with E-state index >= 15 is 0 Å². The summed E-state index contributed by atoms with van der Waals surface area (Å²) in [7, 11) is 0. The van der Waals surface area contributed by atoms with Gasteiger partial charge in [0.05, 0.1) is 6.61 Å². The molecule has 1 amide bonds. The van der Waals surface area contributed by atoms with Crippen molar-refractivity contribution in [1.82, 2.24) is 5.32 Å². The summed E-state index contributed by atoms with van der Waals surface area (Å²) in [6.45, 7) is 2.35. The number of carboxylic acid groups (broad SMARTS) is 1. The molecule has 2 N–H and O–H groups in total. The molecule has 0 radical (unpaired) electrons. The van der Waals surface area contributed by atoms with Gasteiger partial charge >= 0.3 is 12.1 Å². The molecule has 1 aliphatic carbocycles. The van der Waals surface area contributed by atoms with Crippen molar-refractivity contribution in [3.63, 3.8) is 0 Å². The fraction of sp³-hybridized carbons (Fsp3) is 0.846. The van der Waals surface area contributed by atoms with Crippen LogP contribution in [0, 0.1) is 5.92 Å². The van der Waals surface area contributed by atoms with E-state index in [4.69, 9.17) is 4.74 Å². The van der Waals surface area contributed by atoms with Crippen molar-refractivity contribution in [2.45, 2.75) is 57.9 Å². The van der Waals surface area contributed by atoms with E-state index in [1.165, 1.54) is 0 Å². The minimum Gasteiger partial charge on any atom is -0.480 e. The zero-order valence-electron chi connectivity index (χ0n) is 11.0. The van der Waals surface area contributed by atoms with Gasteiger partial charge in [0, 0.05) is 0 Å². The largest absolute Gasteiger partial charge is 0.480 e. The molecule has 5 nitrogen and oxygen atoms in total. The quantitative estimate of drug-likeness (QED) is 0.717. The van der Waals surface area contributed by atoms with Crippen molar-refractivity contribution in [2.75, 3.05) is 6.61 Å². The van der Waals surface area contributed by atoms with Crippen LogP contribution in [0.15, 0.2) is 0 Å². The first kappa shape index (κ1) is 14.8. The van der Waals surface area contributed by atoms with E-state index in [-0.39, 0.29) is 5.92 Å². The topological polar surface area (TPSA) is 75.6 Å². The number of carbonyl (C=O) groups excluding carboxylic acids is 1. The fourth-order valence-electron chi connectivity index (χ4n) is 2.33. The van der Waals surface area contributed by atoms with Crippen LogP contribution in [0.25, 0.3) is 0 Å². The van der Waals surface area contributed by atoms with E-state index in [9.17, 15) is 14.7 Å². The van der Waals surface area contributed by atoms with Crippen LogP contribution in [-0.4, -0.2) is 29.8 Å². The number of hydrogen-bond donors (Lipinski definition) is 2. The van der Waals surface area contributed by atoms with Crippen LogP contribution >= 0.6 is 0 Å². The molecule has 104 valence electrons. The van der Waals surface area contributed by atoms with Crippen molar-refractivity contribution in [1.29, 1.82) is 0 Å². The third kappa shape index (κ3) is 4.94. The Morgan fingerprint density at radius 3 is 2.56 bits per heavy atom. The first-order chi connectivity index (χ1) is 8.65. The van der Waals surface area contributed by atoms with Crippen molar-refractivity contribution < 1.29 is 19.4 Å². The van der Waals surface area contributed by atoms with E-state index < -0.39 is 18.1 Å². The number of amides is 1. The number of ether oxygens (including phenoxy) is 1. The lowest BCUT2D eigenvalue weighted by molar-refractivity contribution is -0.141. The minimum atomic E-state index is -0.964. The smallest absolute Gasteiger partial charge is 0.407 e. The standard InChI is InChI=1S/C13H23NO4/c1-2-3-9-18-13(17)14-11(12(15)16)10-7-5-4-6-8-10/h10-11H,2-9H2,1H3,(H,14,17)(H,15,16). The highest BCUT2D eigenvalue weighted by Gasteiger charge is 2.31. The molecule has 18 heavy (non-hydrogen) atoms. The molecule has 0 spiro atoms. The lowest BCUT2D eigenvalue weighted by Crippen LogP contribution is -2.46. The number of nitrogens with one attached hydrogen (secondary N) is 1. The lowest BCUT2D eigenvalue weighted by Gasteiger charge is -2.27. The molecule has 1 atom stereocenters. The molecule has 1 saturated carbocycles. The maximum absolute atomic E-state index is 11.5. The van der Waals surface area contributed by atoms with Crippen molar-refractivity contribution in [3.8, 4) is 0 Å². The molecule has 0 heterocycles. The van der Waals surface area contributed by atoms with Gasteiger partial charge in [-0.2, -0.15) is 0 Å². The van der Waals surface area contributed by atoms with Crippen molar-refractivity contribution >= 4 is 12.1 Å².